The van der Waals surface area contributed by atoms with Gasteiger partial charge in [0.2, 0.25) is 5.88 Å². The fraction of sp³-hybridized carbons (Fsp3) is 0.158. The molecular weight excluding hydrogens is 308 g/mol. The van der Waals surface area contributed by atoms with E-state index in [1.165, 1.54) is 5.56 Å². The Morgan fingerprint density at radius 3 is 2.48 bits per heavy atom. The Labute approximate surface area is 140 Å². The van der Waals surface area contributed by atoms with Crippen molar-refractivity contribution < 1.29 is 4.74 Å². The van der Waals surface area contributed by atoms with Crippen LogP contribution in [-0.4, -0.2) is 9.97 Å². The minimum Gasteiger partial charge on any atom is -0.473 e. The highest BCUT2D eigenvalue weighted by atomic mass is 35.5. The third-order valence-corrected chi connectivity index (χ3v) is 3.78. The number of aryl methyl sites for hydroxylation is 1. The van der Waals surface area contributed by atoms with Gasteiger partial charge < -0.3 is 4.74 Å². The van der Waals surface area contributed by atoms with Gasteiger partial charge in [-0.3, -0.25) is 0 Å². The summed E-state index contributed by atoms with van der Waals surface area (Å²) < 4.78 is 5.80. The van der Waals surface area contributed by atoms with Crippen molar-refractivity contribution >= 4 is 11.6 Å². The highest BCUT2D eigenvalue weighted by Crippen LogP contribution is 2.18. The molecule has 0 unspecified atom stereocenters. The summed E-state index contributed by atoms with van der Waals surface area (Å²) in [6, 6.07) is 19.6. The normalized spacial score (nSPS) is 10.5. The second-order valence-electron chi connectivity index (χ2n) is 5.31. The smallest absolute Gasteiger partial charge is 0.217 e. The van der Waals surface area contributed by atoms with Crippen LogP contribution in [0.5, 0.6) is 5.88 Å². The lowest BCUT2D eigenvalue weighted by atomic mass is 10.1. The fourth-order valence-electron chi connectivity index (χ4n) is 2.30. The largest absolute Gasteiger partial charge is 0.473 e. The van der Waals surface area contributed by atoms with Crippen molar-refractivity contribution in [2.45, 2.75) is 20.0 Å². The SMILES string of the molecule is Cc1cc(OCc2ccccc2Cl)nc(Cc2ccccc2)n1. The summed E-state index contributed by atoms with van der Waals surface area (Å²) in [6.07, 6.45) is 0.685. The topological polar surface area (TPSA) is 35.0 Å². The van der Waals surface area contributed by atoms with Gasteiger partial charge in [0, 0.05) is 28.8 Å². The molecule has 3 nitrogen and oxygen atoms in total. The Morgan fingerprint density at radius 2 is 1.70 bits per heavy atom. The summed E-state index contributed by atoms with van der Waals surface area (Å²) in [6.45, 7) is 2.33. The van der Waals surface area contributed by atoms with Gasteiger partial charge in [0.25, 0.3) is 0 Å². The minimum atomic E-state index is 0.390. The van der Waals surface area contributed by atoms with Crippen molar-refractivity contribution in [1.29, 1.82) is 0 Å². The van der Waals surface area contributed by atoms with Crippen LogP contribution < -0.4 is 4.74 Å². The van der Waals surface area contributed by atoms with Gasteiger partial charge in [-0.05, 0) is 18.6 Å². The van der Waals surface area contributed by atoms with Gasteiger partial charge in [-0.2, -0.15) is 4.98 Å². The molecule has 116 valence electrons. The van der Waals surface area contributed by atoms with E-state index >= 15 is 0 Å². The summed E-state index contributed by atoms with van der Waals surface area (Å²) >= 11 is 6.15. The van der Waals surface area contributed by atoms with Crippen molar-refractivity contribution in [1.82, 2.24) is 9.97 Å². The molecule has 1 heterocycles. The van der Waals surface area contributed by atoms with E-state index in [4.69, 9.17) is 16.3 Å². The van der Waals surface area contributed by atoms with Crippen LogP contribution in [0.4, 0.5) is 0 Å². The number of hydrogen-bond donors (Lipinski definition) is 0. The number of halogens is 1. The molecule has 0 aliphatic carbocycles. The van der Waals surface area contributed by atoms with Gasteiger partial charge in [-0.25, -0.2) is 4.98 Å². The quantitative estimate of drug-likeness (QED) is 0.687. The van der Waals surface area contributed by atoms with Gasteiger partial charge in [-0.15, -0.1) is 0 Å². The van der Waals surface area contributed by atoms with Gasteiger partial charge in [0.15, 0.2) is 0 Å². The molecule has 0 bridgehead atoms. The first-order valence-electron chi connectivity index (χ1n) is 7.45. The first-order chi connectivity index (χ1) is 11.2. The lowest BCUT2D eigenvalue weighted by Crippen LogP contribution is -2.03. The van der Waals surface area contributed by atoms with Crippen LogP contribution in [0.2, 0.25) is 5.02 Å². The van der Waals surface area contributed by atoms with Gasteiger partial charge in [0.05, 0.1) is 0 Å². The van der Waals surface area contributed by atoms with Gasteiger partial charge in [-0.1, -0.05) is 60.1 Å². The number of rotatable bonds is 5. The fourth-order valence-corrected chi connectivity index (χ4v) is 2.49. The Hall–Kier alpha value is -2.39. The van der Waals surface area contributed by atoms with Crippen molar-refractivity contribution in [2.75, 3.05) is 0 Å². The van der Waals surface area contributed by atoms with E-state index in [1.807, 2.05) is 55.5 Å². The molecule has 0 fully saturated rings. The van der Waals surface area contributed by atoms with E-state index in [9.17, 15) is 0 Å². The van der Waals surface area contributed by atoms with Crippen LogP contribution >= 0.6 is 11.6 Å². The van der Waals surface area contributed by atoms with E-state index in [1.54, 1.807) is 0 Å². The molecule has 4 heteroatoms. The molecule has 1 aromatic heterocycles. The van der Waals surface area contributed by atoms with Gasteiger partial charge in [0.1, 0.15) is 12.4 Å². The zero-order valence-corrected chi connectivity index (χ0v) is 13.6. The summed E-state index contributed by atoms with van der Waals surface area (Å²) in [5.41, 5.74) is 3.00. The Morgan fingerprint density at radius 1 is 0.957 bits per heavy atom. The minimum absolute atomic E-state index is 0.390. The average molecular weight is 325 g/mol. The Bertz CT molecular complexity index is 790. The number of ether oxygens (including phenoxy) is 1. The molecule has 3 rings (SSSR count). The second kappa shape index (κ2) is 7.25. The van der Waals surface area contributed by atoms with Crippen LogP contribution in [0, 0.1) is 6.92 Å². The molecule has 0 aliphatic heterocycles. The highest BCUT2D eigenvalue weighted by molar-refractivity contribution is 6.31. The van der Waals surface area contributed by atoms with E-state index < -0.39 is 0 Å². The second-order valence-corrected chi connectivity index (χ2v) is 5.71. The molecule has 23 heavy (non-hydrogen) atoms. The number of benzene rings is 2. The lowest BCUT2D eigenvalue weighted by Gasteiger charge is -2.09. The van der Waals surface area contributed by atoms with E-state index in [2.05, 4.69) is 22.1 Å². The monoisotopic (exact) mass is 324 g/mol. The first-order valence-corrected chi connectivity index (χ1v) is 7.83. The van der Waals surface area contributed by atoms with Crippen molar-refractivity contribution in [2.24, 2.45) is 0 Å². The third-order valence-electron chi connectivity index (χ3n) is 3.42. The lowest BCUT2D eigenvalue weighted by molar-refractivity contribution is 0.292. The molecule has 0 N–H and O–H groups in total. The Kier molecular flexibility index (Phi) is 4.89. The van der Waals surface area contributed by atoms with Crippen LogP contribution in [-0.2, 0) is 13.0 Å². The first kappa shape index (κ1) is 15.5. The van der Waals surface area contributed by atoms with Crippen LogP contribution in [0.3, 0.4) is 0 Å². The molecule has 0 saturated heterocycles. The predicted octanol–water partition coefficient (Wildman–Crippen LogP) is 4.61. The van der Waals surface area contributed by atoms with Gasteiger partial charge >= 0.3 is 0 Å². The average Bonchev–Trinajstić information content (AvgIpc) is 2.54. The predicted molar refractivity (Wildman–Crippen MR) is 91.8 cm³/mol. The molecule has 0 aliphatic rings. The molecule has 2 aromatic carbocycles. The maximum absolute atomic E-state index is 6.15. The molecule has 0 radical (unpaired) electrons. The Balaban J connectivity index is 1.74. The number of hydrogen-bond acceptors (Lipinski definition) is 3. The summed E-state index contributed by atoms with van der Waals surface area (Å²) in [7, 11) is 0. The third kappa shape index (κ3) is 4.30. The van der Waals surface area contributed by atoms with Crippen molar-refractivity contribution in [3.63, 3.8) is 0 Å². The standard InChI is InChI=1S/C19H17ClN2O/c1-14-11-19(23-13-16-9-5-6-10-17(16)20)22-18(21-14)12-15-7-3-2-4-8-15/h2-11H,12-13H2,1H3. The van der Waals surface area contributed by atoms with Crippen LogP contribution in [0.25, 0.3) is 0 Å². The number of nitrogens with zero attached hydrogens (tertiary/aromatic N) is 2. The highest BCUT2D eigenvalue weighted by Gasteiger charge is 2.06. The maximum Gasteiger partial charge on any atom is 0.217 e. The molecule has 0 saturated carbocycles. The van der Waals surface area contributed by atoms with E-state index in [0.717, 1.165) is 17.1 Å². The van der Waals surface area contributed by atoms with Crippen LogP contribution in [0.15, 0.2) is 60.7 Å². The summed E-state index contributed by atoms with van der Waals surface area (Å²) in [4.78, 5) is 8.98. The summed E-state index contributed by atoms with van der Waals surface area (Å²) in [5.74, 6) is 1.33. The zero-order valence-electron chi connectivity index (χ0n) is 12.9. The summed E-state index contributed by atoms with van der Waals surface area (Å²) in [5, 5.41) is 0.697. The molecule has 0 spiro atoms. The van der Waals surface area contributed by atoms with Crippen LogP contribution in [0.1, 0.15) is 22.6 Å². The van der Waals surface area contributed by atoms with Crippen molar-refractivity contribution in [3.8, 4) is 5.88 Å². The molecule has 0 atom stereocenters. The maximum atomic E-state index is 6.15. The molecule has 3 aromatic rings. The van der Waals surface area contributed by atoms with Crippen molar-refractivity contribution in [3.05, 3.63) is 88.3 Å². The van der Waals surface area contributed by atoms with E-state index in [0.29, 0.717) is 23.9 Å². The van der Waals surface area contributed by atoms with E-state index in [-0.39, 0.29) is 0 Å². The number of aromatic nitrogens is 2. The molecular formula is C19H17ClN2O. The zero-order chi connectivity index (χ0) is 16.1. The molecule has 0 amide bonds.